The molecule has 2 rings (SSSR count). The Balaban J connectivity index is 2.05. The topological polar surface area (TPSA) is 58.4 Å². The van der Waals surface area contributed by atoms with Crippen LogP contribution in [0.5, 0.6) is 0 Å². The Morgan fingerprint density at radius 3 is 2.62 bits per heavy atom. The number of amides is 1. The molecule has 0 aliphatic rings. The third-order valence-corrected chi connectivity index (χ3v) is 3.10. The van der Waals surface area contributed by atoms with Gasteiger partial charge < -0.3 is 16.0 Å². The summed E-state index contributed by atoms with van der Waals surface area (Å²) in [5.74, 6) is -0.787. The number of halogens is 1. The molecule has 0 bridgehead atoms. The molecule has 2 aromatic rings. The fourth-order valence-electron chi connectivity index (χ4n) is 2.03. The highest BCUT2D eigenvalue weighted by Crippen LogP contribution is 2.18. The van der Waals surface area contributed by atoms with Crippen molar-refractivity contribution in [2.45, 2.75) is 6.92 Å². The van der Waals surface area contributed by atoms with E-state index in [4.69, 9.17) is 5.73 Å². The van der Waals surface area contributed by atoms with Crippen molar-refractivity contribution in [1.82, 2.24) is 0 Å². The van der Waals surface area contributed by atoms with Gasteiger partial charge in [-0.3, -0.25) is 4.79 Å². The molecule has 0 unspecified atom stereocenters. The number of hydrogen-bond acceptors (Lipinski definition) is 3. The minimum atomic E-state index is -0.500. The van der Waals surface area contributed by atoms with Crippen molar-refractivity contribution in [2.75, 3.05) is 29.0 Å². The average molecular weight is 287 g/mol. The highest BCUT2D eigenvalue weighted by atomic mass is 19.1. The minimum absolute atomic E-state index is 0.101. The summed E-state index contributed by atoms with van der Waals surface area (Å²) in [6.45, 7) is 2.78. The van der Waals surface area contributed by atoms with E-state index in [-0.39, 0.29) is 18.1 Å². The minimum Gasteiger partial charge on any atom is -0.399 e. The summed E-state index contributed by atoms with van der Waals surface area (Å²) in [4.78, 5) is 14.0. The number of nitrogens with zero attached hydrogens (tertiary/aromatic N) is 1. The molecule has 4 nitrogen and oxygen atoms in total. The lowest BCUT2D eigenvalue weighted by Crippen LogP contribution is -2.33. The Morgan fingerprint density at radius 2 is 1.95 bits per heavy atom. The maximum Gasteiger partial charge on any atom is 0.243 e. The Bertz CT molecular complexity index is 616. The van der Waals surface area contributed by atoms with E-state index in [2.05, 4.69) is 5.32 Å². The second-order valence-corrected chi connectivity index (χ2v) is 4.64. The van der Waals surface area contributed by atoms with E-state index in [0.29, 0.717) is 12.2 Å². The predicted molar refractivity (Wildman–Crippen MR) is 83.8 cm³/mol. The summed E-state index contributed by atoms with van der Waals surface area (Å²) in [5, 5.41) is 2.55. The number of anilines is 3. The van der Waals surface area contributed by atoms with E-state index in [1.807, 2.05) is 42.2 Å². The molecule has 2 aromatic carbocycles. The Hall–Kier alpha value is -2.56. The lowest BCUT2D eigenvalue weighted by molar-refractivity contribution is -0.115. The average Bonchev–Trinajstić information content (AvgIpc) is 2.49. The molecule has 0 heterocycles. The van der Waals surface area contributed by atoms with Crippen molar-refractivity contribution in [1.29, 1.82) is 0 Å². The number of nitrogens with two attached hydrogens (primary N) is 1. The van der Waals surface area contributed by atoms with Gasteiger partial charge in [-0.1, -0.05) is 18.2 Å². The monoisotopic (exact) mass is 287 g/mol. The van der Waals surface area contributed by atoms with Crippen LogP contribution < -0.4 is 16.0 Å². The van der Waals surface area contributed by atoms with Crippen LogP contribution in [0.2, 0.25) is 0 Å². The van der Waals surface area contributed by atoms with Crippen LogP contribution in [0.1, 0.15) is 6.92 Å². The first kappa shape index (κ1) is 14.8. The molecular weight excluding hydrogens is 269 g/mol. The van der Waals surface area contributed by atoms with Crippen molar-refractivity contribution in [3.05, 3.63) is 54.3 Å². The zero-order chi connectivity index (χ0) is 15.2. The van der Waals surface area contributed by atoms with Crippen LogP contribution in [0.4, 0.5) is 21.5 Å². The van der Waals surface area contributed by atoms with E-state index in [1.165, 1.54) is 18.2 Å². The molecule has 0 radical (unpaired) electrons. The van der Waals surface area contributed by atoms with E-state index in [0.717, 1.165) is 5.69 Å². The van der Waals surface area contributed by atoms with Gasteiger partial charge in [0, 0.05) is 17.9 Å². The van der Waals surface area contributed by atoms with E-state index in [9.17, 15) is 9.18 Å². The third kappa shape index (κ3) is 3.95. The molecule has 110 valence electrons. The molecule has 0 saturated carbocycles. The van der Waals surface area contributed by atoms with Crippen LogP contribution in [0, 0.1) is 5.82 Å². The van der Waals surface area contributed by atoms with Crippen molar-refractivity contribution in [3.8, 4) is 0 Å². The second kappa shape index (κ2) is 6.74. The zero-order valence-corrected chi connectivity index (χ0v) is 11.8. The molecule has 0 aliphatic heterocycles. The number of nitrogen functional groups attached to an aromatic ring is 1. The molecule has 3 N–H and O–H groups in total. The molecule has 0 spiro atoms. The maximum atomic E-state index is 13.6. The van der Waals surface area contributed by atoms with E-state index >= 15 is 0 Å². The lowest BCUT2D eigenvalue weighted by Gasteiger charge is -2.22. The van der Waals surface area contributed by atoms with Gasteiger partial charge in [0.2, 0.25) is 5.91 Å². The van der Waals surface area contributed by atoms with Gasteiger partial charge >= 0.3 is 0 Å². The fourth-order valence-corrected chi connectivity index (χ4v) is 2.03. The summed E-state index contributed by atoms with van der Waals surface area (Å²) in [7, 11) is 0. The molecule has 0 fully saturated rings. The Labute approximate surface area is 123 Å². The summed E-state index contributed by atoms with van der Waals surface area (Å²) in [6, 6.07) is 13.7. The number of hydrogen-bond donors (Lipinski definition) is 2. The molecule has 5 heteroatoms. The number of carbonyl (C=O) groups is 1. The largest absolute Gasteiger partial charge is 0.399 e. The standard InChI is InChI=1S/C16H18FN3O/c1-2-20(13-6-4-3-5-7-13)11-16(21)19-15-10-12(18)8-9-14(15)17/h3-10H,2,11,18H2,1H3,(H,19,21). The Morgan fingerprint density at radius 1 is 1.24 bits per heavy atom. The number of carbonyl (C=O) groups excluding carboxylic acids is 1. The molecule has 0 saturated heterocycles. The fraction of sp³-hybridized carbons (Fsp3) is 0.188. The summed E-state index contributed by atoms with van der Waals surface area (Å²) < 4.78 is 13.6. The van der Waals surface area contributed by atoms with Gasteiger partial charge in [-0.2, -0.15) is 0 Å². The number of rotatable bonds is 5. The number of likely N-dealkylation sites (N-methyl/N-ethyl adjacent to an activating group) is 1. The van der Waals surface area contributed by atoms with Crippen LogP contribution in [0.25, 0.3) is 0 Å². The van der Waals surface area contributed by atoms with Gasteiger partial charge in [0.05, 0.1) is 12.2 Å². The highest BCUT2D eigenvalue weighted by Gasteiger charge is 2.12. The van der Waals surface area contributed by atoms with Gasteiger partial charge in [-0.05, 0) is 37.3 Å². The van der Waals surface area contributed by atoms with Gasteiger partial charge in [-0.25, -0.2) is 4.39 Å². The van der Waals surface area contributed by atoms with Crippen molar-refractivity contribution >= 4 is 23.0 Å². The first-order valence-electron chi connectivity index (χ1n) is 6.75. The van der Waals surface area contributed by atoms with Crippen LogP contribution in [0.3, 0.4) is 0 Å². The molecule has 0 atom stereocenters. The van der Waals surface area contributed by atoms with Crippen molar-refractivity contribution in [2.24, 2.45) is 0 Å². The van der Waals surface area contributed by atoms with Gasteiger partial charge in [0.25, 0.3) is 0 Å². The molecular formula is C16H18FN3O. The van der Waals surface area contributed by atoms with Gasteiger partial charge in [0.1, 0.15) is 5.82 Å². The van der Waals surface area contributed by atoms with Crippen LogP contribution in [-0.2, 0) is 4.79 Å². The zero-order valence-electron chi connectivity index (χ0n) is 11.8. The SMILES string of the molecule is CCN(CC(=O)Nc1cc(N)ccc1F)c1ccccc1. The van der Waals surface area contributed by atoms with Crippen LogP contribution in [-0.4, -0.2) is 19.0 Å². The lowest BCUT2D eigenvalue weighted by atomic mass is 10.2. The predicted octanol–water partition coefficient (Wildman–Crippen LogP) is 2.87. The van der Waals surface area contributed by atoms with Gasteiger partial charge in [0.15, 0.2) is 0 Å². The molecule has 1 amide bonds. The first-order chi connectivity index (χ1) is 10.1. The van der Waals surface area contributed by atoms with Crippen molar-refractivity contribution < 1.29 is 9.18 Å². The molecule has 21 heavy (non-hydrogen) atoms. The Kier molecular flexibility index (Phi) is 4.77. The maximum absolute atomic E-state index is 13.6. The van der Waals surface area contributed by atoms with Crippen molar-refractivity contribution in [3.63, 3.8) is 0 Å². The highest BCUT2D eigenvalue weighted by molar-refractivity contribution is 5.94. The number of nitrogens with one attached hydrogen (secondary N) is 1. The van der Waals surface area contributed by atoms with Gasteiger partial charge in [-0.15, -0.1) is 0 Å². The normalized spacial score (nSPS) is 10.2. The second-order valence-electron chi connectivity index (χ2n) is 4.64. The first-order valence-corrected chi connectivity index (χ1v) is 6.75. The van der Waals surface area contributed by atoms with E-state index < -0.39 is 5.82 Å². The molecule has 0 aromatic heterocycles. The summed E-state index contributed by atoms with van der Waals surface area (Å²) in [5.41, 5.74) is 7.05. The summed E-state index contributed by atoms with van der Waals surface area (Å²) in [6.07, 6.45) is 0. The third-order valence-electron chi connectivity index (χ3n) is 3.10. The smallest absolute Gasteiger partial charge is 0.243 e. The van der Waals surface area contributed by atoms with E-state index in [1.54, 1.807) is 0 Å². The molecule has 0 aliphatic carbocycles. The quantitative estimate of drug-likeness (QED) is 0.831. The number of para-hydroxylation sites is 1. The summed E-state index contributed by atoms with van der Waals surface area (Å²) >= 11 is 0. The van der Waals surface area contributed by atoms with Crippen LogP contribution in [0.15, 0.2) is 48.5 Å². The van der Waals surface area contributed by atoms with Crippen LogP contribution >= 0.6 is 0 Å². The number of benzene rings is 2.